The minimum Gasteiger partial charge on any atom is -0.354 e. The fourth-order valence-electron chi connectivity index (χ4n) is 3.50. The number of hydrogen-bond acceptors (Lipinski definition) is 3. The largest absolute Gasteiger partial charge is 0.354 e. The third-order valence-corrected chi connectivity index (χ3v) is 5.04. The number of nitrogens with one attached hydrogen (secondary N) is 2. The van der Waals surface area contributed by atoms with Crippen LogP contribution in [0.1, 0.15) is 51.9 Å². The number of aliphatic imine (C=N–C) groups is 1. The minimum atomic E-state index is 0. The summed E-state index contributed by atoms with van der Waals surface area (Å²) in [6.07, 6.45) is 8.50. The van der Waals surface area contributed by atoms with E-state index in [2.05, 4.69) is 27.4 Å². The van der Waals surface area contributed by atoms with Crippen molar-refractivity contribution in [3.8, 4) is 0 Å². The number of guanidine groups is 1. The summed E-state index contributed by atoms with van der Waals surface area (Å²) in [6.45, 7) is 5.95. The Labute approximate surface area is 170 Å². The van der Waals surface area contributed by atoms with Crippen molar-refractivity contribution >= 4 is 35.8 Å². The molecule has 7 heteroatoms. The lowest BCUT2D eigenvalue weighted by molar-refractivity contribution is -0.127. The molecule has 1 aliphatic carbocycles. The molecule has 25 heavy (non-hydrogen) atoms. The van der Waals surface area contributed by atoms with Crippen molar-refractivity contribution in [3.05, 3.63) is 0 Å². The molecule has 2 fully saturated rings. The molecule has 0 unspecified atom stereocenters. The molecule has 0 bridgehead atoms. The number of piperidine rings is 1. The van der Waals surface area contributed by atoms with E-state index in [0.717, 1.165) is 31.9 Å². The molecular formula is C18H36IN5O. The van der Waals surface area contributed by atoms with Crippen LogP contribution in [0.4, 0.5) is 0 Å². The Morgan fingerprint density at radius 3 is 2.16 bits per heavy atom. The fraction of sp³-hybridized carbons (Fsp3) is 0.889. The molecule has 2 rings (SSSR count). The summed E-state index contributed by atoms with van der Waals surface area (Å²) in [5.41, 5.74) is 0. The second-order valence-corrected chi connectivity index (χ2v) is 7.34. The second kappa shape index (κ2) is 11.9. The first-order chi connectivity index (χ1) is 11.6. The molecule has 6 nitrogen and oxygen atoms in total. The van der Waals surface area contributed by atoms with Crippen molar-refractivity contribution in [3.63, 3.8) is 0 Å². The Balaban J connectivity index is 0.00000312. The fourth-order valence-corrected chi connectivity index (χ4v) is 3.50. The van der Waals surface area contributed by atoms with Crippen LogP contribution < -0.4 is 10.6 Å². The second-order valence-electron chi connectivity index (χ2n) is 7.34. The van der Waals surface area contributed by atoms with Crippen molar-refractivity contribution in [1.82, 2.24) is 20.4 Å². The van der Waals surface area contributed by atoms with Gasteiger partial charge in [-0.2, -0.15) is 0 Å². The normalized spacial score (nSPS) is 20.2. The van der Waals surface area contributed by atoms with Gasteiger partial charge in [0.25, 0.3) is 0 Å². The van der Waals surface area contributed by atoms with Crippen LogP contribution in [-0.4, -0.2) is 74.0 Å². The zero-order chi connectivity index (χ0) is 17.4. The monoisotopic (exact) mass is 465 g/mol. The number of amides is 1. The third-order valence-electron chi connectivity index (χ3n) is 5.04. The first kappa shape index (κ1) is 22.5. The third kappa shape index (κ3) is 8.11. The van der Waals surface area contributed by atoms with Gasteiger partial charge in [0.2, 0.25) is 5.91 Å². The number of halogens is 1. The lowest BCUT2D eigenvalue weighted by atomic mass is 10.1. The predicted octanol–water partition coefficient (Wildman–Crippen LogP) is 2.04. The van der Waals surface area contributed by atoms with Crippen LogP contribution in [0, 0.1) is 0 Å². The molecule has 1 aliphatic heterocycles. The van der Waals surface area contributed by atoms with Crippen molar-refractivity contribution in [2.24, 2.45) is 4.99 Å². The average Bonchev–Trinajstić information content (AvgIpc) is 3.07. The van der Waals surface area contributed by atoms with Crippen molar-refractivity contribution in [2.75, 3.05) is 40.3 Å². The maximum absolute atomic E-state index is 11.8. The summed E-state index contributed by atoms with van der Waals surface area (Å²) in [5, 5.41) is 7.13. The molecule has 0 spiro atoms. The molecule has 1 saturated carbocycles. The molecule has 0 atom stereocenters. The number of carbonyl (C=O) groups excluding carboxylic acids is 1. The first-order valence-corrected chi connectivity index (χ1v) is 9.58. The zero-order valence-corrected chi connectivity index (χ0v) is 18.4. The molecule has 2 N–H and O–H groups in total. The summed E-state index contributed by atoms with van der Waals surface area (Å²) in [6, 6.07) is 0.964. The Morgan fingerprint density at radius 1 is 1.08 bits per heavy atom. The van der Waals surface area contributed by atoms with E-state index in [1.54, 1.807) is 19.0 Å². The molecule has 1 amide bonds. The van der Waals surface area contributed by atoms with Gasteiger partial charge in [0.1, 0.15) is 6.54 Å². The first-order valence-electron chi connectivity index (χ1n) is 9.58. The van der Waals surface area contributed by atoms with E-state index < -0.39 is 0 Å². The summed E-state index contributed by atoms with van der Waals surface area (Å²) in [5.74, 6) is 0.867. The van der Waals surface area contributed by atoms with Crippen LogP contribution in [0.2, 0.25) is 0 Å². The van der Waals surface area contributed by atoms with Crippen LogP contribution in [0.3, 0.4) is 0 Å². The van der Waals surface area contributed by atoms with Crippen molar-refractivity contribution < 1.29 is 4.79 Å². The highest BCUT2D eigenvalue weighted by Crippen LogP contribution is 2.17. The van der Waals surface area contributed by atoms with E-state index in [9.17, 15) is 4.79 Å². The number of carbonyl (C=O) groups is 1. The van der Waals surface area contributed by atoms with Crippen molar-refractivity contribution in [2.45, 2.75) is 64.0 Å². The van der Waals surface area contributed by atoms with E-state index in [0.29, 0.717) is 12.1 Å². The maximum atomic E-state index is 11.8. The molecule has 1 heterocycles. The summed E-state index contributed by atoms with van der Waals surface area (Å²) < 4.78 is 0. The smallest absolute Gasteiger partial charge is 0.243 e. The number of likely N-dealkylation sites (tertiary alicyclic amines) is 1. The van der Waals surface area contributed by atoms with E-state index in [1.807, 2.05) is 0 Å². The Kier molecular flexibility index (Phi) is 10.7. The van der Waals surface area contributed by atoms with Crippen LogP contribution in [0.25, 0.3) is 0 Å². The van der Waals surface area contributed by atoms with Crippen LogP contribution in [-0.2, 0) is 4.79 Å². The number of hydrogen-bond donors (Lipinski definition) is 2. The molecule has 0 aromatic carbocycles. The Morgan fingerprint density at radius 2 is 1.64 bits per heavy atom. The van der Waals surface area contributed by atoms with Gasteiger partial charge >= 0.3 is 0 Å². The minimum absolute atomic E-state index is 0. The summed E-state index contributed by atoms with van der Waals surface area (Å²) in [7, 11) is 3.55. The van der Waals surface area contributed by atoms with Gasteiger partial charge in [0.15, 0.2) is 5.96 Å². The average molecular weight is 465 g/mol. The molecule has 0 aromatic heterocycles. The standard InChI is InChI=1S/C18H35N5O.HI/c1-4-11-23-12-9-16(10-13-23)21-18(19-14-17(24)22(2)3)20-15-7-5-6-8-15;/h15-16H,4-14H2,1-3H3,(H2,19,20,21);1H. The predicted molar refractivity (Wildman–Crippen MR) is 115 cm³/mol. The van der Waals surface area contributed by atoms with Gasteiger partial charge in [-0.25, -0.2) is 4.99 Å². The lowest BCUT2D eigenvalue weighted by Crippen LogP contribution is -2.50. The molecule has 0 aromatic rings. The highest BCUT2D eigenvalue weighted by atomic mass is 127. The van der Waals surface area contributed by atoms with E-state index in [-0.39, 0.29) is 36.4 Å². The lowest BCUT2D eigenvalue weighted by Gasteiger charge is -2.33. The SMILES string of the molecule is CCCN1CCC(NC(=NCC(=O)N(C)C)NC2CCCC2)CC1.I. The summed E-state index contributed by atoms with van der Waals surface area (Å²) >= 11 is 0. The number of likely N-dealkylation sites (N-methyl/N-ethyl adjacent to an activating group) is 1. The highest BCUT2D eigenvalue weighted by molar-refractivity contribution is 14.0. The topological polar surface area (TPSA) is 60.0 Å². The Bertz CT molecular complexity index is 416. The van der Waals surface area contributed by atoms with E-state index in [1.165, 1.54) is 38.6 Å². The van der Waals surface area contributed by atoms with Gasteiger partial charge in [-0.1, -0.05) is 19.8 Å². The van der Waals surface area contributed by atoms with Crippen molar-refractivity contribution in [1.29, 1.82) is 0 Å². The highest BCUT2D eigenvalue weighted by Gasteiger charge is 2.22. The zero-order valence-electron chi connectivity index (χ0n) is 16.1. The van der Waals surface area contributed by atoms with Crippen LogP contribution in [0.5, 0.6) is 0 Å². The summed E-state index contributed by atoms with van der Waals surface area (Å²) in [4.78, 5) is 20.5. The molecular weight excluding hydrogens is 429 g/mol. The van der Waals surface area contributed by atoms with Gasteiger partial charge in [-0.05, 0) is 38.6 Å². The molecule has 2 aliphatic rings. The number of nitrogens with zero attached hydrogens (tertiary/aromatic N) is 3. The van der Waals surface area contributed by atoms with Gasteiger partial charge in [-0.3, -0.25) is 4.79 Å². The van der Waals surface area contributed by atoms with Crippen LogP contribution >= 0.6 is 24.0 Å². The Hall–Kier alpha value is -0.570. The quantitative estimate of drug-likeness (QED) is 0.358. The molecule has 0 radical (unpaired) electrons. The van der Waals surface area contributed by atoms with Gasteiger partial charge in [0, 0.05) is 39.3 Å². The van der Waals surface area contributed by atoms with Gasteiger partial charge in [-0.15, -0.1) is 24.0 Å². The molecule has 146 valence electrons. The van der Waals surface area contributed by atoms with Gasteiger partial charge in [0.05, 0.1) is 0 Å². The van der Waals surface area contributed by atoms with E-state index >= 15 is 0 Å². The van der Waals surface area contributed by atoms with E-state index in [4.69, 9.17) is 0 Å². The van der Waals surface area contributed by atoms with Gasteiger partial charge < -0.3 is 20.4 Å². The maximum Gasteiger partial charge on any atom is 0.243 e. The molecule has 1 saturated heterocycles. The number of rotatable bonds is 6. The van der Waals surface area contributed by atoms with Crippen LogP contribution in [0.15, 0.2) is 4.99 Å².